The number of aliphatic carboxylic acids is 1. The van der Waals surface area contributed by atoms with Crippen molar-refractivity contribution in [2.24, 2.45) is 40.2 Å². The summed E-state index contributed by atoms with van der Waals surface area (Å²) in [6.45, 7) is 12.4. The number of guanidine groups is 1. The Morgan fingerprint density at radius 1 is 0.611 bits per heavy atom. The van der Waals surface area contributed by atoms with Gasteiger partial charge in [-0.25, -0.2) is 0 Å². The number of aldehydes is 1. The number of carbonyl (C=O) groups excluding carboxylic acids is 13. The van der Waals surface area contributed by atoms with Gasteiger partial charge in [0.1, 0.15) is 72.0 Å². The smallest absolute Gasteiger partial charge is 0.305 e. The molecule has 0 spiro atoms. The van der Waals surface area contributed by atoms with Crippen molar-refractivity contribution in [2.45, 2.75) is 282 Å². The molecule has 0 radical (unpaired) electrons. The van der Waals surface area contributed by atoms with Crippen LogP contribution in [-0.2, 0) is 73.5 Å². The van der Waals surface area contributed by atoms with Gasteiger partial charge in [0.2, 0.25) is 70.9 Å². The molecule has 11 atom stereocenters. The topological polar surface area (TPSA) is 572 Å². The fourth-order valence-electron chi connectivity index (χ4n) is 11.9. The Balaban J connectivity index is 2.81. The van der Waals surface area contributed by atoms with Crippen LogP contribution in [0.4, 0.5) is 0 Å². The van der Waals surface area contributed by atoms with Crippen LogP contribution in [0.2, 0.25) is 0 Å². The molecule has 2 rings (SSSR count). The summed E-state index contributed by atoms with van der Waals surface area (Å²) in [5, 5.41) is 70.0. The predicted octanol–water partition coefficient (Wildman–Crippen LogP) is 0.109. The first kappa shape index (κ1) is 94.8. The summed E-state index contributed by atoms with van der Waals surface area (Å²) in [6, 6.07) is -9.14. The Bertz CT molecular complexity index is 3140. The highest BCUT2D eigenvalue weighted by molar-refractivity contribution is 6.01. The van der Waals surface area contributed by atoms with Gasteiger partial charge in [0.25, 0.3) is 0 Å². The first-order chi connectivity index (χ1) is 51.0. The van der Waals surface area contributed by atoms with E-state index in [9.17, 15) is 72.9 Å². The lowest BCUT2D eigenvalue weighted by Crippen LogP contribution is -2.64. The number of primary amides is 1. The number of hydrogen-bond donors (Lipinski definition) is 20. The SMILES string of the molecule is CC(C)C[C@H](NC(=O)C(CCCCN)NC(=O)[C@H](CCCNC(=N)N)NC(=O)C1(C)CCCCCC/C=C/CCCCCCC(C)(C)C(=O)N[C@@H](CCCCN)C(=O)NC(C)C(=O)N[C@@H](CO)C(=O)NC(C(C)C)C(=O)N[C@@H](CC(=O)O)C(=O)NC(Cc2ccc(O)cc2)C(=O)N1)C(=O)N[C@H](C=O)CCC(N)=O. The Kier molecular flexibility index (Phi) is 44.2. The normalized spacial score (nSPS) is 22.6. The van der Waals surface area contributed by atoms with Crippen LogP contribution in [0.3, 0.4) is 0 Å². The molecule has 0 bridgehead atoms. The summed E-state index contributed by atoms with van der Waals surface area (Å²) in [5.74, 6) is -13.7. The van der Waals surface area contributed by atoms with E-state index in [4.69, 9.17) is 28.3 Å². The van der Waals surface area contributed by atoms with Gasteiger partial charge in [-0.15, -0.1) is 0 Å². The molecule has 24 N–H and O–H groups in total. The molecule has 0 saturated heterocycles. The zero-order valence-corrected chi connectivity index (χ0v) is 64.3. The van der Waals surface area contributed by atoms with E-state index < -0.39 is 167 Å². The van der Waals surface area contributed by atoms with Crippen LogP contribution in [0, 0.1) is 22.7 Å². The van der Waals surface area contributed by atoms with Crippen LogP contribution in [0.5, 0.6) is 5.75 Å². The Hall–Kier alpha value is -9.31. The van der Waals surface area contributed by atoms with Crippen molar-refractivity contribution in [3.63, 3.8) is 0 Å². The molecule has 34 heteroatoms. The average Bonchev–Trinajstić information content (AvgIpc) is 0.821. The van der Waals surface area contributed by atoms with Crippen molar-refractivity contribution in [3.05, 3.63) is 42.0 Å². The van der Waals surface area contributed by atoms with Gasteiger partial charge < -0.3 is 107 Å². The highest BCUT2D eigenvalue weighted by Crippen LogP contribution is 2.26. The summed E-state index contributed by atoms with van der Waals surface area (Å²) in [7, 11) is 0. The highest BCUT2D eigenvalue weighted by atomic mass is 16.4. The number of aromatic hydroxyl groups is 1. The van der Waals surface area contributed by atoms with Crippen LogP contribution in [0.25, 0.3) is 0 Å². The molecule has 0 aromatic heterocycles. The van der Waals surface area contributed by atoms with Crippen LogP contribution in [0.15, 0.2) is 36.4 Å². The third kappa shape index (κ3) is 37.0. The first-order valence-electron chi connectivity index (χ1n) is 37.9. The second-order valence-electron chi connectivity index (χ2n) is 29.5. The number of nitrogens with two attached hydrogens (primary N) is 4. The van der Waals surface area contributed by atoms with Crippen LogP contribution in [-0.4, -0.2) is 197 Å². The number of carboxylic acids is 1. The van der Waals surface area contributed by atoms with Crippen molar-refractivity contribution >= 4 is 89.1 Å². The van der Waals surface area contributed by atoms with Crippen LogP contribution < -0.4 is 86.7 Å². The molecular weight excluding hydrogens is 1400 g/mol. The average molecular weight is 1520 g/mol. The lowest BCUT2D eigenvalue weighted by Gasteiger charge is -2.34. The van der Waals surface area contributed by atoms with E-state index in [1.165, 1.54) is 52.0 Å². The maximum atomic E-state index is 15.3. The van der Waals surface area contributed by atoms with Gasteiger partial charge in [-0.3, -0.25) is 67.7 Å². The zero-order valence-electron chi connectivity index (χ0n) is 64.3. The number of phenolic OH excluding ortho intramolecular Hbond substituents is 1. The fourth-order valence-corrected chi connectivity index (χ4v) is 11.9. The van der Waals surface area contributed by atoms with Gasteiger partial charge >= 0.3 is 5.97 Å². The number of benzene rings is 1. The van der Waals surface area contributed by atoms with E-state index in [2.05, 4.69) is 76.0 Å². The molecule has 108 heavy (non-hydrogen) atoms. The van der Waals surface area contributed by atoms with Crippen molar-refractivity contribution < 1.29 is 82.4 Å². The van der Waals surface area contributed by atoms with E-state index in [1.54, 1.807) is 27.7 Å². The molecule has 1 heterocycles. The molecule has 608 valence electrons. The van der Waals surface area contributed by atoms with E-state index in [-0.39, 0.29) is 88.5 Å². The largest absolute Gasteiger partial charge is 0.508 e. The van der Waals surface area contributed by atoms with Crippen molar-refractivity contribution in [1.82, 2.24) is 63.8 Å². The number of nitrogens with one attached hydrogen (secondary N) is 13. The number of aliphatic hydroxyl groups is 1. The first-order valence-corrected chi connectivity index (χ1v) is 37.9. The quantitative estimate of drug-likeness (QED) is 0.0150. The van der Waals surface area contributed by atoms with E-state index in [1.807, 2.05) is 0 Å². The summed E-state index contributed by atoms with van der Waals surface area (Å²) >= 11 is 0. The summed E-state index contributed by atoms with van der Waals surface area (Å²) in [6.07, 6.45) is 12.3. The number of carboxylic acid groups (broad SMARTS) is 1. The second kappa shape index (κ2) is 50.3. The van der Waals surface area contributed by atoms with Gasteiger partial charge in [-0.2, -0.15) is 0 Å². The Labute approximate surface area is 634 Å². The number of carbonyl (C=O) groups is 14. The third-order valence-corrected chi connectivity index (χ3v) is 18.5. The highest BCUT2D eigenvalue weighted by Gasteiger charge is 2.42. The molecule has 1 aromatic carbocycles. The van der Waals surface area contributed by atoms with Crippen LogP contribution in [0.1, 0.15) is 215 Å². The van der Waals surface area contributed by atoms with Gasteiger partial charge in [0.15, 0.2) is 5.96 Å². The standard InChI is InChI=1S/C74H125N17O17/c1-45(2)40-54(65(102)82-49(43-92)31-34-58(77)95)84-63(100)51(26-19-23-37-75)83-64(101)53(28-25-39-80-72(78)79)89-71(108)74(8)36-22-18-16-14-12-10-9-11-13-15-17-21-35-73(6,7)70(107)88-52(27-20-24-38-76)62(99)81-47(5)61(98)87-57(44-93)67(104)90-60(46(3)4)69(106)86-56(42-59(96)97)66(103)85-55(68(105)91-74)41-48-29-32-50(94)33-30-48/h9-10,29-30,32-33,43,45-47,49,51-57,60,93-94H,11-28,31,34-42,44,75-76H2,1-8H3,(H2,77,95)(H,81,99)(H,82,102)(H,83,101)(H,84,100)(H,85,103)(H,86,106)(H,87,98)(H,88,107)(H,89,108)(H,90,104)(H,91,105)(H,96,97)(H4,78,79,80)/b10-9+/t47?,49-,51?,52-,53-,54-,55?,56-,57-,60?,74?/m0/s1. The van der Waals surface area contributed by atoms with Gasteiger partial charge in [0.05, 0.1) is 19.1 Å². The van der Waals surface area contributed by atoms with E-state index >= 15 is 9.59 Å². The monoisotopic (exact) mass is 1520 g/mol. The van der Waals surface area contributed by atoms with Crippen LogP contribution >= 0.6 is 0 Å². The lowest BCUT2D eigenvalue weighted by molar-refractivity contribution is -0.142. The number of allylic oxidation sites excluding steroid dienone is 2. The molecule has 34 nitrogen and oxygen atoms in total. The minimum absolute atomic E-state index is 0.00869. The van der Waals surface area contributed by atoms with Crippen molar-refractivity contribution in [2.75, 3.05) is 26.2 Å². The zero-order chi connectivity index (χ0) is 81.1. The number of hydrogen-bond acceptors (Lipinski definition) is 19. The summed E-state index contributed by atoms with van der Waals surface area (Å²) < 4.78 is 0. The minimum atomic E-state index is -1.98. The predicted molar refractivity (Wildman–Crippen MR) is 405 cm³/mol. The van der Waals surface area contributed by atoms with Crippen molar-refractivity contribution in [1.29, 1.82) is 5.41 Å². The Morgan fingerprint density at radius 3 is 1.71 bits per heavy atom. The molecule has 0 saturated carbocycles. The van der Waals surface area contributed by atoms with E-state index in [0.29, 0.717) is 69.8 Å². The number of amides is 12. The molecule has 5 unspecified atom stereocenters. The van der Waals surface area contributed by atoms with E-state index in [0.717, 1.165) is 44.9 Å². The molecule has 0 fully saturated rings. The molecule has 0 aliphatic carbocycles. The maximum Gasteiger partial charge on any atom is 0.305 e. The van der Waals surface area contributed by atoms with Crippen molar-refractivity contribution in [3.8, 4) is 5.75 Å². The minimum Gasteiger partial charge on any atom is -0.508 e. The van der Waals surface area contributed by atoms with Gasteiger partial charge in [0, 0.05) is 24.8 Å². The number of unbranched alkanes of at least 4 members (excludes halogenated alkanes) is 2. The van der Waals surface area contributed by atoms with Gasteiger partial charge in [-0.05, 0) is 159 Å². The van der Waals surface area contributed by atoms with Gasteiger partial charge in [-0.1, -0.05) is 104 Å². The summed E-state index contributed by atoms with van der Waals surface area (Å²) in [4.78, 5) is 194. The number of phenols is 1. The number of rotatable bonds is 32. The molecular formula is C74H125N17O17. The Morgan fingerprint density at radius 2 is 1.15 bits per heavy atom. The molecule has 1 aliphatic heterocycles. The summed E-state index contributed by atoms with van der Waals surface area (Å²) in [5.41, 5.74) is 20.0. The second-order valence-corrected chi connectivity index (χ2v) is 29.5. The third-order valence-electron chi connectivity index (χ3n) is 18.5. The maximum absolute atomic E-state index is 15.3. The number of aliphatic hydroxyl groups excluding tert-OH is 1. The fraction of sp³-hybridized carbons (Fsp3) is 0.689. The lowest BCUT2D eigenvalue weighted by atomic mass is 9.85. The molecule has 12 amide bonds. The molecule has 1 aliphatic rings. The molecule has 1 aromatic rings.